The number of aliphatic carboxylic acids is 1. The van der Waals surface area contributed by atoms with Gasteiger partial charge in [0, 0.05) is 7.11 Å². The molecule has 0 aromatic rings. The van der Waals surface area contributed by atoms with Crippen LogP contribution in [0.25, 0.3) is 0 Å². The first-order chi connectivity index (χ1) is 7.40. The first-order valence-electron chi connectivity index (χ1n) is 4.52. The summed E-state index contributed by atoms with van der Waals surface area (Å²) in [6, 6.07) is 0. The van der Waals surface area contributed by atoms with Crippen molar-refractivity contribution in [3.63, 3.8) is 0 Å². The number of rotatable bonds is 3. The second-order valence-electron chi connectivity index (χ2n) is 3.44. The quantitative estimate of drug-likeness (QED) is 0.348. The molecule has 0 bridgehead atoms. The highest BCUT2D eigenvalue weighted by Gasteiger charge is 2.59. The molecular formula is C8H14O8. The number of hydrogen-bond donors (Lipinski definition) is 5. The Kier molecular flexibility index (Phi) is 3.84. The van der Waals surface area contributed by atoms with Crippen molar-refractivity contribution < 1.29 is 39.8 Å². The summed E-state index contributed by atoms with van der Waals surface area (Å²) in [7, 11) is 0.968. The normalized spacial score (nSPS) is 44.3. The molecule has 1 aliphatic rings. The first kappa shape index (κ1) is 13.3. The van der Waals surface area contributed by atoms with Gasteiger partial charge in [0.1, 0.15) is 24.4 Å². The van der Waals surface area contributed by atoms with E-state index in [0.717, 1.165) is 7.11 Å². The molecule has 5 atom stereocenters. The van der Waals surface area contributed by atoms with Crippen molar-refractivity contribution in [2.45, 2.75) is 30.2 Å². The average molecular weight is 238 g/mol. The summed E-state index contributed by atoms with van der Waals surface area (Å²) in [5.74, 6) is -4.15. The second kappa shape index (κ2) is 4.62. The van der Waals surface area contributed by atoms with Crippen molar-refractivity contribution in [2.75, 3.05) is 13.7 Å². The van der Waals surface area contributed by atoms with Gasteiger partial charge in [-0.15, -0.1) is 0 Å². The van der Waals surface area contributed by atoms with Crippen LogP contribution in [0.15, 0.2) is 0 Å². The van der Waals surface area contributed by atoms with Crippen LogP contribution < -0.4 is 0 Å². The molecule has 8 heteroatoms. The summed E-state index contributed by atoms with van der Waals surface area (Å²) in [5.41, 5.74) is 0. The molecule has 1 rings (SSSR count). The number of carboxylic acid groups (broad SMARTS) is 1. The number of hydrogen-bond acceptors (Lipinski definition) is 7. The Hall–Kier alpha value is -0.770. The van der Waals surface area contributed by atoms with Crippen LogP contribution in [0.2, 0.25) is 0 Å². The zero-order valence-electron chi connectivity index (χ0n) is 8.48. The Bertz CT molecular complexity index is 267. The molecular weight excluding hydrogens is 224 g/mol. The lowest BCUT2D eigenvalue weighted by Gasteiger charge is -2.44. The summed E-state index contributed by atoms with van der Waals surface area (Å²) in [4.78, 5) is 10.9. The van der Waals surface area contributed by atoms with Crippen LogP contribution in [0.5, 0.6) is 0 Å². The lowest BCUT2D eigenvalue weighted by molar-refractivity contribution is -0.345. The summed E-state index contributed by atoms with van der Waals surface area (Å²) in [6.45, 7) is -0.719. The van der Waals surface area contributed by atoms with Crippen molar-refractivity contribution in [1.29, 1.82) is 0 Å². The number of ether oxygens (including phenoxy) is 2. The van der Waals surface area contributed by atoms with Crippen LogP contribution in [0.3, 0.4) is 0 Å². The molecule has 5 N–H and O–H groups in total. The first-order valence-corrected chi connectivity index (χ1v) is 4.52. The summed E-state index contributed by atoms with van der Waals surface area (Å²) in [5, 5.41) is 46.1. The smallest absolute Gasteiger partial charge is 0.367 e. The van der Waals surface area contributed by atoms with Crippen LogP contribution >= 0.6 is 0 Å². The van der Waals surface area contributed by atoms with E-state index in [2.05, 4.69) is 4.74 Å². The predicted molar refractivity (Wildman–Crippen MR) is 47.4 cm³/mol. The van der Waals surface area contributed by atoms with Crippen molar-refractivity contribution in [3.05, 3.63) is 0 Å². The van der Waals surface area contributed by atoms with Gasteiger partial charge < -0.3 is 35.0 Å². The molecule has 8 nitrogen and oxygen atoms in total. The van der Waals surface area contributed by atoms with Crippen LogP contribution in [-0.2, 0) is 14.3 Å². The molecule has 0 aromatic heterocycles. The molecule has 1 aliphatic heterocycles. The highest BCUT2D eigenvalue weighted by atomic mass is 16.7. The largest absolute Gasteiger partial charge is 0.477 e. The van der Waals surface area contributed by atoms with Crippen LogP contribution in [0.4, 0.5) is 0 Å². The zero-order chi connectivity index (χ0) is 12.5. The molecule has 1 saturated heterocycles. The van der Waals surface area contributed by atoms with Gasteiger partial charge in [-0.05, 0) is 0 Å². The third-order valence-corrected chi connectivity index (χ3v) is 2.55. The van der Waals surface area contributed by atoms with E-state index in [4.69, 9.17) is 14.9 Å². The molecule has 0 unspecified atom stereocenters. The zero-order valence-corrected chi connectivity index (χ0v) is 8.48. The van der Waals surface area contributed by atoms with E-state index in [1.165, 1.54) is 0 Å². The van der Waals surface area contributed by atoms with E-state index in [0.29, 0.717) is 0 Å². The van der Waals surface area contributed by atoms with Crippen LogP contribution in [0, 0.1) is 0 Å². The number of carbonyl (C=O) groups is 1. The summed E-state index contributed by atoms with van der Waals surface area (Å²) >= 11 is 0. The molecule has 0 amide bonds. The van der Waals surface area contributed by atoms with Crippen molar-refractivity contribution in [2.24, 2.45) is 0 Å². The fraction of sp³-hybridized carbons (Fsp3) is 0.875. The molecule has 0 aromatic carbocycles. The minimum Gasteiger partial charge on any atom is -0.477 e. The maximum atomic E-state index is 10.9. The molecule has 1 fully saturated rings. The molecule has 94 valence electrons. The van der Waals surface area contributed by atoms with Gasteiger partial charge in [-0.2, -0.15) is 0 Å². The monoisotopic (exact) mass is 238 g/mol. The molecule has 0 radical (unpaired) electrons. The average Bonchev–Trinajstić information content (AvgIpc) is 2.27. The number of carboxylic acids is 1. The second-order valence-corrected chi connectivity index (χ2v) is 3.44. The van der Waals surface area contributed by atoms with Gasteiger partial charge >= 0.3 is 5.97 Å². The van der Waals surface area contributed by atoms with Gasteiger partial charge in [0.25, 0.3) is 5.79 Å². The topological polar surface area (TPSA) is 137 Å². The number of methoxy groups -OCH3 is 1. The third kappa shape index (κ3) is 1.79. The minimum absolute atomic E-state index is 0.719. The van der Waals surface area contributed by atoms with Crippen molar-refractivity contribution in [1.82, 2.24) is 0 Å². The molecule has 1 heterocycles. The SMILES string of the molecule is CO[C@@]1(C(=O)O)O[C@H](CO)[C@@H](O)[C@H](O)[C@@H]1O. The lowest BCUT2D eigenvalue weighted by atomic mass is 9.92. The fourth-order valence-electron chi connectivity index (χ4n) is 1.57. The fourth-order valence-corrected chi connectivity index (χ4v) is 1.57. The van der Waals surface area contributed by atoms with Crippen molar-refractivity contribution >= 4 is 5.97 Å². The van der Waals surface area contributed by atoms with E-state index in [9.17, 15) is 20.1 Å². The van der Waals surface area contributed by atoms with E-state index >= 15 is 0 Å². The van der Waals surface area contributed by atoms with Gasteiger partial charge in [0.2, 0.25) is 0 Å². The standard InChI is InChI=1S/C8H14O8/c1-15-8(7(13)14)6(12)5(11)4(10)3(2-9)16-8/h3-6,9-12H,2H2,1H3,(H,13,14)/t3-,4-,5+,6+,8-/m1/s1. The molecule has 16 heavy (non-hydrogen) atoms. The van der Waals surface area contributed by atoms with Crippen molar-refractivity contribution in [3.8, 4) is 0 Å². The minimum atomic E-state index is -2.49. The van der Waals surface area contributed by atoms with Gasteiger partial charge in [-0.1, -0.05) is 0 Å². The van der Waals surface area contributed by atoms with Crippen LogP contribution in [-0.4, -0.2) is 75.4 Å². The van der Waals surface area contributed by atoms with Gasteiger partial charge in [0.15, 0.2) is 0 Å². The van der Waals surface area contributed by atoms with E-state index in [-0.39, 0.29) is 0 Å². The summed E-state index contributed by atoms with van der Waals surface area (Å²) < 4.78 is 9.35. The Morgan fingerprint density at radius 1 is 1.38 bits per heavy atom. The lowest BCUT2D eigenvalue weighted by Crippen LogP contribution is -2.68. The Morgan fingerprint density at radius 2 is 1.94 bits per heavy atom. The van der Waals surface area contributed by atoms with E-state index in [1.807, 2.05) is 0 Å². The highest BCUT2D eigenvalue weighted by Crippen LogP contribution is 2.30. The Balaban J connectivity index is 3.06. The van der Waals surface area contributed by atoms with E-state index < -0.39 is 42.8 Å². The maximum absolute atomic E-state index is 10.9. The van der Waals surface area contributed by atoms with E-state index in [1.54, 1.807) is 0 Å². The third-order valence-electron chi connectivity index (χ3n) is 2.55. The number of aliphatic hydroxyl groups excluding tert-OH is 4. The van der Waals surface area contributed by atoms with Gasteiger partial charge in [-0.25, -0.2) is 4.79 Å². The Labute approximate surface area is 90.6 Å². The molecule has 0 spiro atoms. The molecule has 0 aliphatic carbocycles. The Morgan fingerprint density at radius 3 is 2.31 bits per heavy atom. The van der Waals surface area contributed by atoms with Gasteiger partial charge in [-0.3, -0.25) is 0 Å². The highest BCUT2D eigenvalue weighted by molar-refractivity contribution is 5.77. The maximum Gasteiger partial charge on any atom is 0.367 e. The van der Waals surface area contributed by atoms with Gasteiger partial charge in [0.05, 0.1) is 6.61 Å². The molecule has 0 saturated carbocycles. The predicted octanol–water partition coefficient (Wildman–Crippen LogP) is -3.11. The summed E-state index contributed by atoms with van der Waals surface area (Å²) in [6.07, 6.45) is -6.70. The van der Waals surface area contributed by atoms with Crippen LogP contribution in [0.1, 0.15) is 0 Å². The number of aliphatic hydroxyl groups is 4.